The van der Waals surface area contributed by atoms with Gasteiger partial charge in [0.05, 0.1) is 12.7 Å². The molecule has 0 N–H and O–H groups in total. The van der Waals surface area contributed by atoms with Crippen molar-refractivity contribution in [2.75, 3.05) is 14.2 Å². The van der Waals surface area contributed by atoms with Gasteiger partial charge in [0.25, 0.3) is 5.91 Å². The Morgan fingerprint density at radius 2 is 2.05 bits per heavy atom. The molecule has 0 spiro atoms. The van der Waals surface area contributed by atoms with E-state index in [-0.39, 0.29) is 11.9 Å². The first-order valence-corrected chi connectivity index (χ1v) is 8.50. The Morgan fingerprint density at radius 3 is 2.70 bits per heavy atom. The molecule has 110 valence electrons. The number of nitrogens with zero attached hydrogens (tertiary/aromatic N) is 1. The van der Waals surface area contributed by atoms with Gasteiger partial charge in [0.15, 0.2) is 0 Å². The number of carbonyl (C=O) groups is 1. The van der Waals surface area contributed by atoms with E-state index in [1.165, 1.54) is 12.8 Å². The Labute approximate surface area is 136 Å². The molecule has 0 radical (unpaired) electrons. The maximum absolute atomic E-state index is 12.7. The summed E-state index contributed by atoms with van der Waals surface area (Å²) in [5.74, 6) is 0.733. The van der Waals surface area contributed by atoms with Crippen molar-refractivity contribution >= 4 is 37.8 Å². The Hall–Kier alpha value is -0.550. The van der Waals surface area contributed by atoms with Crippen molar-refractivity contribution in [1.29, 1.82) is 0 Å². The molecule has 3 nitrogen and oxygen atoms in total. The number of methoxy groups -OCH3 is 1. The normalized spacial score (nSPS) is 22.4. The van der Waals surface area contributed by atoms with Crippen LogP contribution in [0.15, 0.2) is 22.7 Å². The molecule has 2 unspecified atom stereocenters. The molecule has 20 heavy (non-hydrogen) atoms. The van der Waals surface area contributed by atoms with Crippen LogP contribution < -0.4 is 4.74 Å². The number of amides is 1. The third-order valence-corrected chi connectivity index (χ3v) is 5.63. The molecule has 2 rings (SSSR count). The van der Waals surface area contributed by atoms with Gasteiger partial charge in [0, 0.05) is 22.4 Å². The first-order chi connectivity index (χ1) is 9.54. The summed E-state index contributed by atoms with van der Waals surface area (Å²) in [6.07, 6.45) is 4.60. The lowest BCUT2D eigenvalue weighted by atomic mass is 9.94. The van der Waals surface area contributed by atoms with E-state index >= 15 is 0 Å². The molecule has 0 aliphatic heterocycles. The van der Waals surface area contributed by atoms with Crippen molar-refractivity contribution < 1.29 is 9.53 Å². The monoisotopic (exact) mass is 403 g/mol. The van der Waals surface area contributed by atoms with Crippen LogP contribution in [0.1, 0.15) is 36.0 Å². The third kappa shape index (κ3) is 3.37. The predicted octanol–water partition coefficient (Wildman–Crippen LogP) is 4.24. The molecule has 0 heterocycles. The summed E-state index contributed by atoms with van der Waals surface area (Å²) in [5.41, 5.74) is 0.650. The fraction of sp³-hybridized carbons (Fsp3) is 0.533. The molecule has 1 amide bonds. The molecule has 0 bridgehead atoms. The molecule has 2 atom stereocenters. The summed E-state index contributed by atoms with van der Waals surface area (Å²) in [5, 5.41) is 0. The zero-order valence-electron chi connectivity index (χ0n) is 11.7. The smallest absolute Gasteiger partial charge is 0.255 e. The molecule has 5 heteroatoms. The minimum Gasteiger partial charge on any atom is -0.497 e. The summed E-state index contributed by atoms with van der Waals surface area (Å²) in [7, 11) is 3.50. The van der Waals surface area contributed by atoms with E-state index in [4.69, 9.17) is 4.74 Å². The van der Waals surface area contributed by atoms with Gasteiger partial charge in [0.1, 0.15) is 5.75 Å². The highest BCUT2D eigenvalue weighted by Crippen LogP contribution is 2.30. The molecule has 0 aromatic heterocycles. The number of hydrogen-bond acceptors (Lipinski definition) is 2. The fourth-order valence-electron chi connectivity index (χ4n) is 2.64. The highest BCUT2D eigenvalue weighted by Gasteiger charge is 2.30. The first-order valence-electron chi connectivity index (χ1n) is 6.79. The number of halogens is 2. The average Bonchev–Trinajstić information content (AvgIpc) is 2.47. The molecule has 1 saturated carbocycles. The Kier molecular flexibility index (Phi) is 5.49. The molecule has 1 fully saturated rings. The summed E-state index contributed by atoms with van der Waals surface area (Å²) < 4.78 is 6.01. The van der Waals surface area contributed by atoms with Crippen LogP contribution in [0.2, 0.25) is 0 Å². The van der Waals surface area contributed by atoms with Crippen LogP contribution >= 0.6 is 31.9 Å². The number of ether oxygens (including phenoxy) is 1. The van der Waals surface area contributed by atoms with Crippen molar-refractivity contribution in [3.8, 4) is 5.75 Å². The summed E-state index contributed by atoms with van der Waals surface area (Å²) in [6.45, 7) is 0. The van der Waals surface area contributed by atoms with E-state index in [9.17, 15) is 4.79 Å². The van der Waals surface area contributed by atoms with Gasteiger partial charge in [-0.3, -0.25) is 4.79 Å². The Bertz CT molecular complexity index is 493. The minimum absolute atomic E-state index is 0.0344. The zero-order chi connectivity index (χ0) is 14.7. The minimum atomic E-state index is 0.0344. The van der Waals surface area contributed by atoms with Gasteiger partial charge in [0.2, 0.25) is 0 Å². The van der Waals surface area contributed by atoms with Gasteiger partial charge in [-0.2, -0.15) is 0 Å². The topological polar surface area (TPSA) is 29.5 Å². The maximum Gasteiger partial charge on any atom is 0.255 e. The van der Waals surface area contributed by atoms with Gasteiger partial charge in [-0.25, -0.2) is 0 Å². The fourth-order valence-corrected chi connectivity index (χ4v) is 4.00. The molecule has 1 aliphatic carbocycles. The first kappa shape index (κ1) is 15.8. The number of alkyl halides is 1. The second kappa shape index (κ2) is 6.94. The number of hydrogen-bond donors (Lipinski definition) is 0. The van der Waals surface area contributed by atoms with E-state index in [2.05, 4.69) is 31.9 Å². The quantitative estimate of drug-likeness (QED) is 0.705. The van der Waals surface area contributed by atoms with Crippen LogP contribution in [-0.4, -0.2) is 35.8 Å². The maximum atomic E-state index is 12.7. The van der Waals surface area contributed by atoms with Crippen LogP contribution in [0.4, 0.5) is 0 Å². The van der Waals surface area contributed by atoms with Crippen LogP contribution in [-0.2, 0) is 0 Å². The van der Waals surface area contributed by atoms with E-state index in [1.54, 1.807) is 13.2 Å². The van der Waals surface area contributed by atoms with Crippen molar-refractivity contribution in [2.45, 2.75) is 36.6 Å². The summed E-state index contributed by atoms with van der Waals surface area (Å²) in [4.78, 5) is 14.9. The van der Waals surface area contributed by atoms with Crippen LogP contribution in [0.3, 0.4) is 0 Å². The standard InChI is InChI=1S/C15H19Br2NO2/c1-18(14-6-4-3-5-13(14)17)15(19)11-9-10(20-2)7-8-12(11)16/h7-9,13-14H,3-6H2,1-2H3. The van der Waals surface area contributed by atoms with Crippen molar-refractivity contribution in [1.82, 2.24) is 4.90 Å². The number of rotatable bonds is 3. The highest BCUT2D eigenvalue weighted by molar-refractivity contribution is 9.10. The molecular weight excluding hydrogens is 386 g/mol. The number of carbonyl (C=O) groups excluding carboxylic acids is 1. The molecule has 1 aromatic rings. The zero-order valence-corrected chi connectivity index (χ0v) is 14.9. The van der Waals surface area contributed by atoms with E-state index < -0.39 is 0 Å². The van der Waals surface area contributed by atoms with E-state index in [0.29, 0.717) is 16.1 Å². The molecule has 1 aliphatic rings. The second-order valence-electron chi connectivity index (χ2n) is 5.13. The lowest BCUT2D eigenvalue weighted by Gasteiger charge is -2.35. The average molecular weight is 405 g/mol. The third-order valence-electron chi connectivity index (χ3n) is 3.87. The predicted molar refractivity (Wildman–Crippen MR) is 87.8 cm³/mol. The summed E-state index contributed by atoms with van der Waals surface area (Å²) >= 11 is 7.17. The van der Waals surface area contributed by atoms with Crippen molar-refractivity contribution in [3.63, 3.8) is 0 Å². The highest BCUT2D eigenvalue weighted by atomic mass is 79.9. The molecule has 0 saturated heterocycles. The summed E-state index contributed by atoms with van der Waals surface area (Å²) in [6, 6.07) is 5.74. The largest absolute Gasteiger partial charge is 0.497 e. The lowest BCUT2D eigenvalue weighted by Crippen LogP contribution is -2.44. The van der Waals surface area contributed by atoms with Gasteiger partial charge in [-0.1, -0.05) is 28.8 Å². The van der Waals surface area contributed by atoms with Crippen molar-refractivity contribution in [2.24, 2.45) is 0 Å². The second-order valence-corrected chi connectivity index (χ2v) is 7.16. The van der Waals surface area contributed by atoms with Crippen LogP contribution in [0, 0.1) is 0 Å². The van der Waals surface area contributed by atoms with Crippen LogP contribution in [0.5, 0.6) is 5.75 Å². The molecular formula is C15H19Br2NO2. The van der Waals surface area contributed by atoms with Crippen LogP contribution in [0.25, 0.3) is 0 Å². The lowest BCUT2D eigenvalue weighted by molar-refractivity contribution is 0.0703. The van der Waals surface area contributed by atoms with Crippen molar-refractivity contribution in [3.05, 3.63) is 28.2 Å². The van der Waals surface area contributed by atoms with Gasteiger partial charge in [-0.15, -0.1) is 0 Å². The van der Waals surface area contributed by atoms with Gasteiger partial charge >= 0.3 is 0 Å². The molecule has 1 aromatic carbocycles. The number of benzene rings is 1. The van der Waals surface area contributed by atoms with E-state index in [1.807, 2.05) is 24.1 Å². The van der Waals surface area contributed by atoms with Gasteiger partial charge < -0.3 is 9.64 Å². The Morgan fingerprint density at radius 1 is 1.35 bits per heavy atom. The van der Waals surface area contributed by atoms with Gasteiger partial charge in [-0.05, 0) is 47.0 Å². The Balaban J connectivity index is 2.21. The van der Waals surface area contributed by atoms with E-state index in [0.717, 1.165) is 17.3 Å². The SMILES string of the molecule is COc1ccc(Br)c(C(=O)N(C)C2CCCCC2Br)c1.